The number of hydrogen-bond acceptors (Lipinski definition) is 4. The SMILES string of the molecule is CNCC(=O)N1CCN(S(=O)(=O)c2ccc(C3CCCCC3)cc2)CC1. The standard InChI is InChI=1S/C19H29N3O3S/c1-20-15-19(23)21-11-13-22(14-12-21)26(24,25)18-9-7-17(8-10-18)16-5-3-2-4-6-16/h7-10,16,20H,2-6,11-15H2,1H3. The van der Waals surface area contributed by atoms with Crippen LogP contribution in [0.2, 0.25) is 0 Å². The van der Waals surface area contributed by atoms with Crippen LogP contribution in [-0.2, 0) is 14.8 Å². The predicted octanol–water partition coefficient (Wildman–Crippen LogP) is 1.79. The van der Waals surface area contributed by atoms with Crippen molar-refractivity contribution in [1.29, 1.82) is 0 Å². The first-order valence-corrected chi connectivity index (χ1v) is 11.0. The number of sulfonamides is 1. The molecule has 26 heavy (non-hydrogen) atoms. The third-order valence-electron chi connectivity index (χ3n) is 5.51. The van der Waals surface area contributed by atoms with E-state index in [0.29, 0.717) is 37.0 Å². The topological polar surface area (TPSA) is 69.7 Å². The second kappa shape index (κ2) is 8.50. The summed E-state index contributed by atoms with van der Waals surface area (Å²) in [5.41, 5.74) is 1.26. The van der Waals surface area contributed by atoms with E-state index in [-0.39, 0.29) is 12.5 Å². The largest absolute Gasteiger partial charge is 0.339 e. The maximum Gasteiger partial charge on any atom is 0.243 e. The maximum atomic E-state index is 12.9. The minimum absolute atomic E-state index is 0.0152. The quantitative estimate of drug-likeness (QED) is 0.847. The summed E-state index contributed by atoms with van der Waals surface area (Å²) in [4.78, 5) is 14.0. The second-order valence-corrected chi connectivity index (χ2v) is 9.16. The number of likely N-dealkylation sites (N-methyl/N-ethyl adjacent to an activating group) is 1. The average molecular weight is 380 g/mol. The zero-order valence-corrected chi connectivity index (χ0v) is 16.3. The van der Waals surface area contributed by atoms with Crippen LogP contribution in [-0.4, -0.2) is 63.3 Å². The van der Waals surface area contributed by atoms with E-state index in [0.717, 1.165) is 0 Å². The molecule has 1 saturated carbocycles. The highest BCUT2D eigenvalue weighted by atomic mass is 32.2. The smallest absolute Gasteiger partial charge is 0.243 e. The Morgan fingerprint density at radius 3 is 2.23 bits per heavy atom. The Kier molecular flexibility index (Phi) is 6.32. The lowest BCUT2D eigenvalue weighted by molar-refractivity contribution is -0.131. The fraction of sp³-hybridized carbons (Fsp3) is 0.632. The molecule has 0 atom stereocenters. The first-order chi connectivity index (χ1) is 12.5. The molecule has 0 radical (unpaired) electrons. The van der Waals surface area contributed by atoms with Crippen LogP contribution in [0.5, 0.6) is 0 Å². The first-order valence-electron chi connectivity index (χ1n) is 9.55. The highest BCUT2D eigenvalue weighted by molar-refractivity contribution is 7.89. The van der Waals surface area contributed by atoms with Crippen LogP contribution in [0.3, 0.4) is 0 Å². The van der Waals surface area contributed by atoms with Crippen molar-refractivity contribution in [3.8, 4) is 0 Å². The molecular formula is C19H29N3O3S. The number of carbonyl (C=O) groups excluding carboxylic acids is 1. The Bertz CT molecular complexity index is 704. The van der Waals surface area contributed by atoms with Gasteiger partial charge < -0.3 is 10.2 Å². The van der Waals surface area contributed by atoms with Crippen LogP contribution in [0.4, 0.5) is 0 Å². The van der Waals surface area contributed by atoms with Crippen molar-refractivity contribution in [3.05, 3.63) is 29.8 Å². The number of amides is 1. The molecule has 1 aromatic rings. The minimum atomic E-state index is -3.49. The molecule has 144 valence electrons. The van der Waals surface area contributed by atoms with Crippen LogP contribution < -0.4 is 5.32 Å². The molecule has 0 unspecified atom stereocenters. The Morgan fingerprint density at radius 1 is 1.04 bits per heavy atom. The van der Waals surface area contributed by atoms with Crippen LogP contribution in [0.25, 0.3) is 0 Å². The molecular weight excluding hydrogens is 350 g/mol. The summed E-state index contributed by atoms with van der Waals surface area (Å²) in [5, 5.41) is 2.84. The van der Waals surface area contributed by atoms with E-state index < -0.39 is 10.0 Å². The van der Waals surface area contributed by atoms with Crippen molar-refractivity contribution in [2.45, 2.75) is 42.9 Å². The van der Waals surface area contributed by atoms with Gasteiger partial charge in [0.05, 0.1) is 11.4 Å². The summed E-state index contributed by atoms with van der Waals surface area (Å²) in [7, 11) is -1.76. The average Bonchev–Trinajstić information content (AvgIpc) is 2.69. The lowest BCUT2D eigenvalue weighted by Gasteiger charge is -2.34. The van der Waals surface area contributed by atoms with Gasteiger partial charge in [-0.15, -0.1) is 0 Å². The molecule has 1 aliphatic carbocycles. The molecule has 1 aliphatic heterocycles. The van der Waals surface area contributed by atoms with E-state index in [1.807, 2.05) is 12.1 Å². The summed E-state index contributed by atoms with van der Waals surface area (Å²) < 4.78 is 27.3. The molecule has 2 fully saturated rings. The van der Waals surface area contributed by atoms with Crippen molar-refractivity contribution < 1.29 is 13.2 Å². The van der Waals surface area contributed by atoms with Gasteiger partial charge in [0, 0.05) is 26.2 Å². The number of nitrogens with zero attached hydrogens (tertiary/aromatic N) is 2. The molecule has 1 amide bonds. The van der Waals surface area contributed by atoms with Gasteiger partial charge in [-0.05, 0) is 43.5 Å². The molecule has 2 aliphatic rings. The first kappa shape index (κ1) is 19.3. The van der Waals surface area contributed by atoms with Crippen molar-refractivity contribution in [3.63, 3.8) is 0 Å². The fourth-order valence-electron chi connectivity index (χ4n) is 3.94. The lowest BCUT2D eigenvalue weighted by Crippen LogP contribution is -2.52. The Labute approximate surface area is 156 Å². The molecule has 1 heterocycles. The lowest BCUT2D eigenvalue weighted by atomic mass is 9.84. The van der Waals surface area contributed by atoms with Gasteiger partial charge in [0.2, 0.25) is 15.9 Å². The summed E-state index contributed by atoms with van der Waals surface area (Å²) in [5.74, 6) is 0.587. The van der Waals surface area contributed by atoms with Crippen LogP contribution in [0.1, 0.15) is 43.6 Å². The van der Waals surface area contributed by atoms with Gasteiger partial charge >= 0.3 is 0 Å². The molecule has 6 nitrogen and oxygen atoms in total. The predicted molar refractivity (Wildman–Crippen MR) is 102 cm³/mol. The van der Waals surface area contributed by atoms with Crippen molar-refractivity contribution in [1.82, 2.24) is 14.5 Å². The summed E-state index contributed by atoms with van der Waals surface area (Å²) in [6.07, 6.45) is 6.25. The molecule has 0 spiro atoms. The van der Waals surface area contributed by atoms with Gasteiger partial charge in [-0.1, -0.05) is 31.4 Å². The third kappa shape index (κ3) is 4.27. The number of rotatable bonds is 5. The van der Waals surface area contributed by atoms with E-state index in [1.165, 1.54) is 42.0 Å². The summed E-state index contributed by atoms with van der Waals surface area (Å²) in [6.45, 7) is 1.87. The molecule has 0 aromatic heterocycles. The number of benzene rings is 1. The molecule has 1 N–H and O–H groups in total. The van der Waals surface area contributed by atoms with Gasteiger partial charge in [-0.3, -0.25) is 4.79 Å². The van der Waals surface area contributed by atoms with E-state index in [9.17, 15) is 13.2 Å². The van der Waals surface area contributed by atoms with Gasteiger partial charge in [0.15, 0.2) is 0 Å². The van der Waals surface area contributed by atoms with Crippen LogP contribution in [0.15, 0.2) is 29.2 Å². The van der Waals surface area contributed by atoms with E-state index in [2.05, 4.69) is 5.32 Å². The van der Waals surface area contributed by atoms with E-state index >= 15 is 0 Å². The van der Waals surface area contributed by atoms with Crippen LogP contribution in [0, 0.1) is 0 Å². The Morgan fingerprint density at radius 2 is 1.65 bits per heavy atom. The second-order valence-electron chi connectivity index (χ2n) is 7.22. The van der Waals surface area contributed by atoms with Crippen molar-refractivity contribution in [2.24, 2.45) is 0 Å². The normalized spacial score (nSPS) is 20.3. The van der Waals surface area contributed by atoms with Gasteiger partial charge in [-0.2, -0.15) is 4.31 Å². The van der Waals surface area contributed by atoms with Gasteiger partial charge in [-0.25, -0.2) is 8.42 Å². The Hall–Kier alpha value is -1.44. The number of piperazine rings is 1. The summed E-state index contributed by atoms with van der Waals surface area (Å²) >= 11 is 0. The molecule has 7 heteroatoms. The molecule has 1 aromatic carbocycles. The van der Waals surface area contributed by atoms with Gasteiger partial charge in [0.1, 0.15) is 0 Å². The van der Waals surface area contributed by atoms with Crippen molar-refractivity contribution >= 4 is 15.9 Å². The number of carbonyl (C=O) groups is 1. The third-order valence-corrected chi connectivity index (χ3v) is 7.43. The van der Waals surface area contributed by atoms with Gasteiger partial charge in [0.25, 0.3) is 0 Å². The highest BCUT2D eigenvalue weighted by Gasteiger charge is 2.30. The number of nitrogens with one attached hydrogen (secondary N) is 1. The zero-order chi connectivity index (χ0) is 18.6. The molecule has 1 saturated heterocycles. The Balaban J connectivity index is 1.64. The van der Waals surface area contributed by atoms with Crippen molar-refractivity contribution in [2.75, 3.05) is 39.8 Å². The monoisotopic (exact) mass is 379 g/mol. The molecule has 0 bridgehead atoms. The fourth-order valence-corrected chi connectivity index (χ4v) is 5.36. The van der Waals surface area contributed by atoms with E-state index in [4.69, 9.17) is 0 Å². The maximum absolute atomic E-state index is 12.9. The van der Waals surface area contributed by atoms with Crippen LogP contribution >= 0.6 is 0 Å². The minimum Gasteiger partial charge on any atom is -0.339 e. The molecule has 3 rings (SSSR count). The summed E-state index contributed by atoms with van der Waals surface area (Å²) in [6, 6.07) is 7.46. The highest BCUT2D eigenvalue weighted by Crippen LogP contribution is 2.33. The number of hydrogen-bond donors (Lipinski definition) is 1. The van der Waals surface area contributed by atoms with E-state index in [1.54, 1.807) is 24.1 Å². The zero-order valence-electron chi connectivity index (χ0n) is 15.5.